The molecule has 1 nitrogen and oxygen atoms in total. The first-order chi connectivity index (χ1) is 9.54. The minimum absolute atomic E-state index is 0.205. The van der Waals surface area contributed by atoms with Crippen LogP contribution in [0.25, 0.3) is 0 Å². The van der Waals surface area contributed by atoms with Crippen molar-refractivity contribution in [2.75, 3.05) is 6.54 Å². The molecule has 1 atom stereocenters. The standard InChI is InChI=1S/C14H17F6N/c1-3-21-12(6-7-13(15,16)17)11-5-4-10(8-9(11)2)14(18,19)20/h4-5,8,12,21H,3,6-7H2,1-2H3. The molecule has 1 rings (SSSR count). The molecule has 0 saturated heterocycles. The number of nitrogens with one attached hydrogen (secondary N) is 1. The number of hydrogen-bond donors (Lipinski definition) is 1. The predicted octanol–water partition coefficient (Wildman–Crippen LogP) is 5.01. The van der Waals surface area contributed by atoms with Crippen molar-refractivity contribution in [2.24, 2.45) is 0 Å². The van der Waals surface area contributed by atoms with Crippen molar-refractivity contribution in [3.63, 3.8) is 0 Å². The van der Waals surface area contributed by atoms with Crippen molar-refractivity contribution in [3.05, 3.63) is 34.9 Å². The molecule has 0 aromatic heterocycles. The lowest BCUT2D eigenvalue weighted by molar-refractivity contribution is -0.137. The van der Waals surface area contributed by atoms with Gasteiger partial charge in [-0.25, -0.2) is 0 Å². The molecule has 1 aromatic rings. The van der Waals surface area contributed by atoms with Gasteiger partial charge in [0.1, 0.15) is 0 Å². The van der Waals surface area contributed by atoms with E-state index in [0.717, 1.165) is 12.1 Å². The normalized spacial score (nSPS) is 14.3. The maximum Gasteiger partial charge on any atom is 0.416 e. The summed E-state index contributed by atoms with van der Waals surface area (Å²) in [6.45, 7) is 3.64. The first kappa shape index (κ1) is 17.8. The second-order valence-corrected chi connectivity index (χ2v) is 4.83. The van der Waals surface area contributed by atoms with Crippen molar-refractivity contribution < 1.29 is 26.3 Å². The Morgan fingerprint density at radius 1 is 1.10 bits per heavy atom. The average Bonchev–Trinajstić information content (AvgIpc) is 2.32. The number of alkyl halides is 6. The van der Waals surface area contributed by atoms with Gasteiger partial charge in [-0.05, 0) is 43.1 Å². The molecule has 0 aliphatic heterocycles. The lowest BCUT2D eigenvalue weighted by Crippen LogP contribution is -2.24. The molecular formula is C14H17F6N. The summed E-state index contributed by atoms with van der Waals surface area (Å²) >= 11 is 0. The number of benzene rings is 1. The fraction of sp³-hybridized carbons (Fsp3) is 0.571. The largest absolute Gasteiger partial charge is 0.416 e. The van der Waals surface area contributed by atoms with Gasteiger partial charge in [-0.15, -0.1) is 0 Å². The van der Waals surface area contributed by atoms with Crippen LogP contribution in [0.2, 0.25) is 0 Å². The molecule has 21 heavy (non-hydrogen) atoms. The van der Waals surface area contributed by atoms with Gasteiger partial charge in [0, 0.05) is 12.5 Å². The Hall–Kier alpha value is -1.24. The highest BCUT2D eigenvalue weighted by Crippen LogP contribution is 2.33. The minimum atomic E-state index is -4.46. The van der Waals surface area contributed by atoms with Gasteiger partial charge in [-0.3, -0.25) is 0 Å². The van der Waals surface area contributed by atoms with E-state index in [4.69, 9.17) is 0 Å². The summed E-state index contributed by atoms with van der Waals surface area (Å²) in [4.78, 5) is 0. The third kappa shape index (κ3) is 5.57. The highest BCUT2D eigenvalue weighted by Gasteiger charge is 2.32. The topological polar surface area (TPSA) is 12.0 Å². The summed E-state index contributed by atoms with van der Waals surface area (Å²) < 4.78 is 74.7. The zero-order chi connectivity index (χ0) is 16.3. The SMILES string of the molecule is CCNC(CCC(F)(F)F)c1ccc(C(F)(F)F)cc1C. The van der Waals surface area contributed by atoms with E-state index in [9.17, 15) is 26.3 Å². The van der Waals surface area contributed by atoms with E-state index in [0.29, 0.717) is 17.7 Å². The van der Waals surface area contributed by atoms with Gasteiger partial charge in [0.25, 0.3) is 0 Å². The fourth-order valence-corrected chi connectivity index (χ4v) is 2.16. The summed E-state index contributed by atoms with van der Waals surface area (Å²) in [7, 11) is 0. The maximum absolute atomic E-state index is 12.6. The molecule has 0 bridgehead atoms. The van der Waals surface area contributed by atoms with Crippen LogP contribution in [0.15, 0.2) is 18.2 Å². The van der Waals surface area contributed by atoms with Gasteiger partial charge in [-0.1, -0.05) is 13.0 Å². The number of aryl methyl sites for hydroxylation is 1. The smallest absolute Gasteiger partial charge is 0.310 e. The Bertz CT molecular complexity index is 464. The predicted molar refractivity (Wildman–Crippen MR) is 67.9 cm³/mol. The van der Waals surface area contributed by atoms with E-state index in [1.165, 1.54) is 13.0 Å². The van der Waals surface area contributed by atoms with Crippen molar-refractivity contribution in [2.45, 2.75) is 45.1 Å². The molecule has 0 heterocycles. The second kappa shape index (κ2) is 6.68. The third-order valence-electron chi connectivity index (χ3n) is 3.14. The monoisotopic (exact) mass is 313 g/mol. The Morgan fingerprint density at radius 2 is 1.71 bits per heavy atom. The Labute approximate surface area is 119 Å². The van der Waals surface area contributed by atoms with Crippen molar-refractivity contribution in [1.29, 1.82) is 0 Å². The molecule has 1 unspecified atom stereocenters. The first-order valence-electron chi connectivity index (χ1n) is 6.52. The molecule has 1 N–H and O–H groups in total. The van der Waals surface area contributed by atoms with Gasteiger partial charge in [-0.2, -0.15) is 26.3 Å². The molecule has 0 saturated carbocycles. The van der Waals surface area contributed by atoms with Crippen LogP contribution >= 0.6 is 0 Å². The van der Waals surface area contributed by atoms with Crippen LogP contribution in [0.4, 0.5) is 26.3 Å². The van der Waals surface area contributed by atoms with Crippen LogP contribution in [-0.2, 0) is 6.18 Å². The van der Waals surface area contributed by atoms with Crippen molar-refractivity contribution in [1.82, 2.24) is 5.32 Å². The zero-order valence-corrected chi connectivity index (χ0v) is 11.7. The zero-order valence-electron chi connectivity index (χ0n) is 11.7. The lowest BCUT2D eigenvalue weighted by atomic mass is 9.95. The maximum atomic E-state index is 12.6. The Balaban J connectivity index is 2.98. The summed E-state index contributed by atoms with van der Waals surface area (Å²) in [5, 5.41) is 2.89. The highest BCUT2D eigenvalue weighted by atomic mass is 19.4. The van der Waals surface area contributed by atoms with Crippen LogP contribution in [0, 0.1) is 6.92 Å². The highest BCUT2D eigenvalue weighted by molar-refractivity contribution is 5.34. The van der Waals surface area contributed by atoms with Crippen molar-refractivity contribution >= 4 is 0 Å². The second-order valence-electron chi connectivity index (χ2n) is 4.83. The van der Waals surface area contributed by atoms with Crippen LogP contribution in [-0.4, -0.2) is 12.7 Å². The summed E-state index contributed by atoms with van der Waals surface area (Å²) in [6, 6.07) is 2.51. The number of halogens is 6. The van der Waals surface area contributed by atoms with Gasteiger partial charge in [0.05, 0.1) is 5.56 Å². The number of hydrogen-bond acceptors (Lipinski definition) is 1. The van der Waals surface area contributed by atoms with E-state index < -0.39 is 30.4 Å². The molecule has 0 fully saturated rings. The Morgan fingerprint density at radius 3 is 2.14 bits per heavy atom. The van der Waals surface area contributed by atoms with Gasteiger partial charge >= 0.3 is 12.4 Å². The van der Waals surface area contributed by atoms with E-state index in [2.05, 4.69) is 5.32 Å². The minimum Gasteiger partial charge on any atom is -0.310 e. The van der Waals surface area contributed by atoms with E-state index >= 15 is 0 Å². The van der Waals surface area contributed by atoms with Gasteiger partial charge in [0.15, 0.2) is 0 Å². The molecule has 0 aliphatic carbocycles. The van der Waals surface area contributed by atoms with Gasteiger partial charge < -0.3 is 5.32 Å². The van der Waals surface area contributed by atoms with E-state index in [1.807, 2.05) is 0 Å². The van der Waals surface area contributed by atoms with Crippen LogP contribution in [0.3, 0.4) is 0 Å². The summed E-state index contributed by atoms with van der Waals surface area (Å²) in [6.07, 6.45) is -9.93. The molecule has 7 heteroatoms. The van der Waals surface area contributed by atoms with Crippen LogP contribution in [0.1, 0.15) is 42.5 Å². The van der Waals surface area contributed by atoms with Crippen LogP contribution < -0.4 is 5.32 Å². The van der Waals surface area contributed by atoms with E-state index in [1.54, 1.807) is 6.92 Å². The molecular weight excluding hydrogens is 296 g/mol. The quantitative estimate of drug-likeness (QED) is 0.754. The molecule has 0 radical (unpaired) electrons. The molecule has 0 spiro atoms. The summed E-state index contributed by atoms with van der Waals surface area (Å²) in [5.41, 5.74) is 0.00173. The number of rotatable bonds is 5. The molecule has 0 aliphatic rings. The van der Waals surface area contributed by atoms with Crippen molar-refractivity contribution in [3.8, 4) is 0 Å². The lowest BCUT2D eigenvalue weighted by Gasteiger charge is -2.22. The molecule has 0 amide bonds. The Kier molecular flexibility index (Phi) is 5.67. The first-order valence-corrected chi connectivity index (χ1v) is 6.52. The molecule has 120 valence electrons. The van der Waals surface area contributed by atoms with Gasteiger partial charge in [0.2, 0.25) is 0 Å². The average molecular weight is 313 g/mol. The third-order valence-corrected chi connectivity index (χ3v) is 3.14. The van der Waals surface area contributed by atoms with Crippen LogP contribution in [0.5, 0.6) is 0 Å². The summed E-state index contributed by atoms with van der Waals surface area (Å²) in [5.74, 6) is 0. The fourth-order valence-electron chi connectivity index (χ4n) is 2.16. The molecule has 1 aromatic carbocycles. The van der Waals surface area contributed by atoms with E-state index in [-0.39, 0.29) is 6.42 Å².